The molecule has 0 saturated heterocycles. The van der Waals surface area contributed by atoms with Gasteiger partial charge < -0.3 is 4.74 Å². The number of rotatable bonds is 5. The van der Waals surface area contributed by atoms with Crippen LogP contribution < -0.4 is 5.32 Å². The summed E-state index contributed by atoms with van der Waals surface area (Å²) in [5, 5.41) is 3.41. The number of hydrogen-bond donors (Lipinski definition) is 1. The third-order valence-corrected chi connectivity index (χ3v) is 4.03. The summed E-state index contributed by atoms with van der Waals surface area (Å²) < 4.78 is 18.6. The molecule has 0 heterocycles. The lowest BCUT2D eigenvalue weighted by atomic mass is 9.90. The Bertz CT molecular complexity index is 503. The maximum Gasteiger partial charge on any atom is 0.331 e. The van der Waals surface area contributed by atoms with Crippen LogP contribution >= 0.6 is 0 Å². The van der Waals surface area contributed by atoms with Crippen LogP contribution in [-0.4, -0.2) is 18.6 Å². The summed E-state index contributed by atoms with van der Waals surface area (Å²) in [5.74, 6) is -0.516. The van der Waals surface area contributed by atoms with Gasteiger partial charge in [-0.25, -0.2) is 9.18 Å². The zero-order valence-electron chi connectivity index (χ0n) is 12.3. The van der Waals surface area contributed by atoms with Gasteiger partial charge in [-0.2, -0.15) is 0 Å². The van der Waals surface area contributed by atoms with E-state index in [1.54, 1.807) is 13.0 Å². The van der Waals surface area contributed by atoms with Crippen molar-refractivity contribution in [2.24, 2.45) is 0 Å². The zero-order valence-corrected chi connectivity index (χ0v) is 12.3. The van der Waals surface area contributed by atoms with Crippen LogP contribution in [0.1, 0.15) is 44.7 Å². The molecule has 4 heteroatoms. The maximum atomic E-state index is 13.4. The summed E-state index contributed by atoms with van der Waals surface area (Å²) in [6.07, 6.45) is 2.22. The summed E-state index contributed by atoms with van der Waals surface area (Å²) in [6.45, 7) is 6.26. The van der Waals surface area contributed by atoms with E-state index in [1.807, 2.05) is 6.92 Å². The number of halogens is 1. The van der Waals surface area contributed by atoms with Crippen LogP contribution in [0.2, 0.25) is 0 Å². The van der Waals surface area contributed by atoms with Gasteiger partial charge in [-0.05, 0) is 56.4 Å². The van der Waals surface area contributed by atoms with E-state index in [2.05, 4.69) is 12.2 Å². The predicted molar refractivity (Wildman–Crippen MR) is 75.9 cm³/mol. The van der Waals surface area contributed by atoms with Crippen molar-refractivity contribution in [2.75, 3.05) is 6.61 Å². The van der Waals surface area contributed by atoms with Crippen molar-refractivity contribution >= 4 is 5.97 Å². The van der Waals surface area contributed by atoms with Crippen LogP contribution in [0.4, 0.5) is 4.39 Å². The third kappa shape index (κ3) is 2.57. The molecule has 0 aliphatic heterocycles. The largest absolute Gasteiger partial charge is 0.464 e. The van der Waals surface area contributed by atoms with Gasteiger partial charge in [0, 0.05) is 6.04 Å². The Kier molecular flexibility index (Phi) is 4.43. The summed E-state index contributed by atoms with van der Waals surface area (Å²) >= 11 is 0. The fourth-order valence-corrected chi connectivity index (χ4v) is 2.84. The van der Waals surface area contributed by atoms with E-state index in [4.69, 9.17) is 4.74 Å². The van der Waals surface area contributed by atoms with Crippen LogP contribution in [-0.2, 0) is 21.5 Å². The number of fused-ring (bicyclic) bond motifs is 1. The first kappa shape index (κ1) is 15.0. The minimum Gasteiger partial charge on any atom is -0.464 e. The lowest BCUT2D eigenvalue weighted by Gasteiger charge is -2.32. The summed E-state index contributed by atoms with van der Waals surface area (Å²) in [4.78, 5) is 12.5. The Morgan fingerprint density at radius 3 is 2.90 bits per heavy atom. The van der Waals surface area contributed by atoms with Crippen molar-refractivity contribution < 1.29 is 13.9 Å². The first-order valence-corrected chi connectivity index (χ1v) is 7.27. The molecule has 1 aromatic carbocycles. The lowest BCUT2D eigenvalue weighted by molar-refractivity contribution is -0.152. The summed E-state index contributed by atoms with van der Waals surface area (Å²) in [6, 6.07) is 4.84. The predicted octanol–water partition coefficient (Wildman–Crippen LogP) is 2.92. The van der Waals surface area contributed by atoms with Crippen molar-refractivity contribution in [1.82, 2.24) is 5.32 Å². The van der Waals surface area contributed by atoms with Crippen LogP contribution in [0.5, 0.6) is 0 Å². The molecule has 0 aromatic heterocycles. The van der Waals surface area contributed by atoms with Gasteiger partial charge in [0.25, 0.3) is 0 Å². The molecule has 110 valence electrons. The minimum absolute atomic E-state index is 0.190. The molecule has 0 amide bonds. The molecule has 3 nitrogen and oxygen atoms in total. The third-order valence-electron chi connectivity index (χ3n) is 4.03. The lowest BCUT2D eigenvalue weighted by Crippen LogP contribution is -2.52. The summed E-state index contributed by atoms with van der Waals surface area (Å²) in [5.41, 5.74) is 0.931. The minimum atomic E-state index is -0.825. The molecule has 0 saturated carbocycles. The van der Waals surface area contributed by atoms with Gasteiger partial charge >= 0.3 is 5.97 Å². The second kappa shape index (κ2) is 5.92. The smallest absolute Gasteiger partial charge is 0.331 e. The number of carbonyl (C=O) groups excluding carboxylic acids is 1. The highest BCUT2D eigenvalue weighted by Crippen LogP contribution is 2.39. The first-order valence-electron chi connectivity index (χ1n) is 7.27. The van der Waals surface area contributed by atoms with Gasteiger partial charge in [0.1, 0.15) is 11.4 Å². The molecule has 1 aromatic rings. The Labute approximate surface area is 119 Å². The Balaban J connectivity index is 2.42. The van der Waals surface area contributed by atoms with Gasteiger partial charge in [-0.15, -0.1) is 0 Å². The number of nitrogens with one attached hydrogen (secondary N) is 1. The fourth-order valence-electron chi connectivity index (χ4n) is 2.84. The molecule has 1 N–H and O–H groups in total. The van der Waals surface area contributed by atoms with Gasteiger partial charge in [0.05, 0.1) is 6.61 Å². The van der Waals surface area contributed by atoms with Crippen molar-refractivity contribution in [3.05, 3.63) is 35.1 Å². The Morgan fingerprint density at radius 2 is 2.25 bits per heavy atom. The van der Waals surface area contributed by atoms with Crippen molar-refractivity contribution in [2.45, 2.75) is 51.6 Å². The molecule has 0 fully saturated rings. The van der Waals surface area contributed by atoms with Gasteiger partial charge in [0.2, 0.25) is 0 Å². The molecule has 20 heavy (non-hydrogen) atoms. The highest BCUT2D eigenvalue weighted by atomic mass is 19.1. The SMILES string of the molecule is CCOC(=O)C1(NC(C)CC)CCc2cc(F)ccc21. The van der Waals surface area contributed by atoms with Crippen molar-refractivity contribution in [1.29, 1.82) is 0 Å². The Hall–Kier alpha value is -1.42. The summed E-state index contributed by atoms with van der Waals surface area (Å²) in [7, 11) is 0. The molecule has 2 unspecified atom stereocenters. The average molecular weight is 279 g/mol. The van der Waals surface area contributed by atoms with Crippen LogP contribution in [0.3, 0.4) is 0 Å². The molecule has 1 aliphatic carbocycles. The number of carbonyl (C=O) groups is 1. The zero-order chi connectivity index (χ0) is 14.8. The van der Waals surface area contributed by atoms with Crippen molar-refractivity contribution in [3.63, 3.8) is 0 Å². The molecular formula is C16H22FNO2. The Morgan fingerprint density at radius 1 is 1.50 bits per heavy atom. The normalized spacial score (nSPS) is 22.4. The van der Waals surface area contributed by atoms with Gasteiger partial charge in [0.15, 0.2) is 0 Å². The monoisotopic (exact) mass is 279 g/mol. The topological polar surface area (TPSA) is 38.3 Å². The number of esters is 1. The number of aryl methyl sites for hydroxylation is 1. The van der Waals surface area contributed by atoms with Gasteiger partial charge in [-0.3, -0.25) is 5.32 Å². The maximum absolute atomic E-state index is 13.4. The number of hydrogen-bond acceptors (Lipinski definition) is 3. The molecule has 2 atom stereocenters. The van der Waals surface area contributed by atoms with E-state index < -0.39 is 5.54 Å². The van der Waals surface area contributed by atoms with Crippen LogP contribution in [0.25, 0.3) is 0 Å². The molecule has 0 spiro atoms. The fraction of sp³-hybridized carbons (Fsp3) is 0.562. The average Bonchev–Trinajstić information content (AvgIpc) is 2.78. The number of benzene rings is 1. The first-order chi connectivity index (χ1) is 9.53. The second-order valence-electron chi connectivity index (χ2n) is 5.38. The molecule has 0 radical (unpaired) electrons. The highest BCUT2D eigenvalue weighted by molar-refractivity contribution is 5.84. The van der Waals surface area contributed by atoms with Gasteiger partial charge in [-0.1, -0.05) is 13.0 Å². The van der Waals surface area contributed by atoms with E-state index >= 15 is 0 Å². The molecule has 1 aliphatic rings. The number of ether oxygens (including phenoxy) is 1. The van der Waals surface area contributed by atoms with Crippen LogP contribution in [0, 0.1) is 5.82 Å². The standard InChI is InChI=1S/C16H22FNO2/c1-4-11(3)18-16(15(19)20-5-2)9-8-12-10-13(17)6-7-14(12)16/h6-7,10-11,18H,4-5,8-9H2,1-3H3. The quantitative estimate of drug-likeness (QED) is 0.842. The van der Waals surface area contributed by atoms with Crippen molar-refractivity contribution in [3.8, 4) is 0 Å². The second-order valence-corrected chi connectivity index (χ2v) is 5.38. The highest BCUT2D eigenvalue weighted by Gasteiger charge is 2.47. The van der Waals surface area contributed by atoms with E-state index in [9.17, 15) is 9.18 Å². The molecular weight excluding hydrogens is 257 g/mol. The van der Waals surface area contributed by atoms with E-state index in [0.717, 1.165) is 17.5 Å². The van der Waals surface area contributed by atoms with E-state index in [1.165, 1.54) is 12.1 Å². The van der Waals surface area contributed by atoms with E-state index in [0.29, 0.717) is 19.4 Å². The molecule has 0 bridgehead atoms. The van der Waals surface area contributed by atoms with E-state index in [-0.39, 0.29) is 17.8 Å². The molecule has 2 rings (SSSR count). The van der Waals surface area contributed by atoms with Crippen LogP contribution in [0.15, 0.2) is 18.2 Å².